The first-order valence-electron chi connectivity index (χ1n) is 4.97. The van der Waals surface area contributed by atoms with Gasteiger partial charge in [-0.3, -0.25) is 0 Å². The Bertz CT molecular complexity index is 406. The van der Waals surface area contributed by atoms with Crippen molar-refractivity contribution in [1.29, 1.82) is 0 Å². The van der Waals surface area contributed by atoms with Gasteiger partial charge < -0.3 is 10.5 Å². The van der Waals surface area contributed by atoms with Crippen LogP contribution in [0.3, 0.4) is 0 Å². The number of ether oxygens (including phenoxy) is 1. The monoisotopic (exact) mass is 263 g/mol. The molecule has 0 spiro atoms. The third-order valence-electron chi connectivity index (χ3n) is 2.13. The van der Waals surface area contributed by atoms with Crippen LogP contribution in [-0.4, -0.2) is 11.1 Å². The van der Waals surface area contributed by atoms with Crippen LogP contribution in [0.25, 0.3) is 0 Å². The minimum atomic E-state index is -4.38. The molecule has 0 amide bonds. The van der Waals surface area contributed by atoms with Crippen LogP contribution >= 0.6 is 12.2 Å². The smallest absolute Gasteiger partial charge is 0.416 e. The highest BCUT2D eigenvalue weighted by molar-refractivity contribution is 7.80. The van der Waals surface area contributed by atoms with E-state index in [2.05, 4.69) is 0 Å². The van der Waals surface area contributed by atoms with Gasteiger partial charge in [0.05, 0.1) is 5.56 Å². The Hall–Kier alpha value is -1.30. The van der Waals surface area contributed by atoms with Gasteiger partial charge >= 0.3 is 6.18 Å². The number of nitrogens with two attached hydrogens (primary N) is 1. The van der Waals surface area contributed by atoms with Crippen molar-refractivity contribution in [1.82, 2.24) is 0 Å². The second kappa shape index (κ2) is 5.35. The van der Waals surface area contributed by atoms with Crippen molar-refractivity contribution in [3.63, 3.8) is 0 Å². The standard InChI is InChI=1S/C11H12F3NOS/c1-2-9(10(15)17)16-8-5-3-4-7(6-8)11(12,13)14/h3-6,9H,2H2,1H3,(H2,15,17). The lowest BCUT2D eigenvalue weighted by Crippen LogP contribution is -2.31. The molecule has 6 heteroatoms. The Balaban J connectivity index is 2.89. The van der Waals surface area contributed by atoms with Gasteiger partial charge in [0.25, 0.3) is 0 Å². The zero-order valence-electron chi connectivity index (χ0n) is 9.12. The van der Waals surface area contributed by atoms with E-state index in [9.17, 15) is 13.2 Å². The van der Waals surface area contributed by atoms with Crippen molar-refractivity contribution in [3.05, 3.63) is 29.8 Å². The van der Waals surface area contributed by atoms with Crippen molar-refractivity contribution in [3.8, 4) is 5.75 Å². The fourth-order valence-electron chi connectivity index (χ4n) is 1.25. The van der Waals surface area contributed by atoms with E-state index < -0.39 is 17.8 Å². The summed E-state index contributed by atoms with van der Waals surface area (Å²) in [7, 11) is 0. The van der Waals surface area contributed by atoms with E-state index in [4.69, 9.17) is 22.7 Å². The lowest BCUT2D eigenvalue weighted by atomic mass is 10.2. The Morgan fingerprint density at radius 3 is 2.59 bits per heavy atom. The zero-order chi connectivity index (χ0) is 13.1. The summed E-state index contributed by atoms with van der Waals surface area (Å²) < 4.78 is 42.6. The van der Waals surface area contributed by atoms with Gasteiger partial charge in [0, 0.05) is 0 Å². The van der Waals surface area contributed by atoms with Crippen LogP contribution in [0, 0.1) is 0 Å². The summed E-state index contributed by atoms with van der Waals surface area (Å²) in [6.07, 6.45) is -4.43. The molecule has 0 aliphatic carbocycles. The quantitative estimate of drug-likeness (QED) is 0.847. The molecular weight excluding hydrogens is 251 g/mol. The number of rotatable bonds is 4. The van der Waals surface area contributed by atoms with Crippen LogP contribution in [0.1, 0.15) is 18.9 Å². The third kappa shape index (κ3) is 3.89. The Morgan fingerprint density at radius 2 is 2.12 bits per heavy atom. The molecule has 0 saturated carbocycles. The van der Waals surface area contributed by atoms with Crippen LogP contribution in [0.15, 0.2) is 24.3 Å². The Morgan fingerprint density at radius 1 is 1.47 bits per heavy atom. The van der Waals surface area contributed by atoms with E-state index >= 15 is 0 Å². The summed E-state index contributed by atoms with van der Waals surface area (Å²) in [5.74, 6) is 0.111. The predicted molar refractivity (Wildman–Crippen MR) is 62.9 cm³/mol. The number of alkyl halides is 3. The number of halogens is 3. The number of hydrogen-bond acceptors (Lipinski definition) is 2. The summed E-state index contributed by atoms with van der Waals surface area (Å²) in [6, 6.07) is 4.64. The van der Waals surface area contributed by atoms with Crippen LogP contribution in [0.5, 0.6) is 5.75 Å². The van der Waals surface area contributed by atoms with Crippen molar-refractivity contribution in [2.45, 2.75) is 25.6 Å². The molecule has 0 heterocycles. The Kier molecular flexibility index (Phi) is 4.34. The molecule has 1 atom stereocenters. The summed E-state index contributed by atoms with van der Waals surface area (Å²) in [4.78, 5) is 0.130. The van der Waals surface area contributed by atoms with Gasteiger partial charge in [-0.15, -0.1) is 0 Å². The van der Waals surface area contributed by atoms with E-state index in [0.29, 0.717) is 6.42 Å². The topological polar surface area (TPSA) is 35.2 Å². The molecule has 94 valence electrons. The van der Waals surface area contributed by atoms with Gasteiger partial charge in [0.1, 0.15) is 16.8 Å². The third-order valence-corrected chi connectivity index (χ3v) is 2.39. The molecule has 0 bridgehead atoms. The van der Waals surface area contributed by atoms with Crippen LogP contribution < -0.4 is 10.5 Å². The maximum atomic E-state index is 12.4. The average molecular weight is 263 g/mol. The zero-order valence-corrected chi connectivity index (χ0v) is 9.94. The molecule has 0 radical (unpaired) electrons. The van der Waals surface area contributed by atoms with Gasteiger partial charge in [-0.2, -0.15) is 13.2 Å². The van der Waals surface area contributed by atoms with E-state index in [-0.39, 0.29) is 10.7 Å². The SMILES string of the molecule is CCC(Oc1cccc(C(F)(F)F)c1)C(N)=S. The Labute approximate surface area is 103 Å². The van der Waals surface area contributed by atoms with E-state index in [1.165, 1.54) is 12.1 Å². The molecule has 0 fully saturated rings. The fourth-order valence-corrected chi connectivity index (χ4v) is 1.47. The highest BCUT2D eigenvalue weighted by atomic mass is 32.1. The van der Waals surface area contributed by atoms with Crippen molar-refractivity contribution < 1.29 is 17.9 Å². The van der Waals surface area contributed by atoms with Gasteiger partial charge in [0.2, 0.25) is 0 Å². The molecule has 2 nitrogen and oxygen atoms in total. The first-order valence-corrected chi connectivity index (χ1v) is 5.38. The summed E-state index contributed by atoms with van der Waals surface area (Å²) in [5, 5.41) is 0. The van der Waals surface area contributed by atoms with Gasteiger partial charge in [0.15, 0.2) is 0 Å². The maximum Gasteiger partial charge on any atom is 0.416 e. The van der Waals surface area contributed by atoms with E-state index in [1.54, 1.807) is 6.92 Å². The minimum absolute atomic E-state index is 0.111. The second-order valence-electron chi connectivity index (χ2n) is 3.44. The molecule has 1 aromatic rings. The van der Waals surface area contributed by atoms with Crippen molar-refractivity contribution in [2.75, 3.05) is 0 Å². The van der Waals surface area contributed by atoms with Gasteiger partial charge in [-0.1, -0.05) is 25.2 Å². The molecule has 0 aliphatic rings. The highest BCUT2D eigenvalue weighted by Gasteiger charge is 2.30. The van der Waals surface area contributed by atoms with E-state index in [1.807, 2.05) is 0 Å². The van der Waals surface area contributed by atoms with Crippen molar-refractivity contribution in [2.24, 2.45) is 5.73 Å². The fraction of sp³-hybridized carbons (Fsp3) is 0.364. The normalized spacial score (nSPS) is 13.2. The number of thiocarbonyl (C=S) groups is 1. The predicted octanol–water partition coefficient (Wildman–Crippen LogP) is 3.15. The lowest BCUT2D eigenvalue weighted by Gasteiger charge is -2.17. The summed E-state index contributed by atoms with van der Waals surface area (Å²) in [6.45, 7) is 1.79. The second-order valence-corrected chi connectivity index (χ2v) is 3.91. The molecule has 2 N–H and O–H groups in total. The molecular formula is C11H12F3NOS. The summed E-state index contributed by atoms with van der Waals surface area (Å²) >= 11 is 4.75. The molecule has 17 heavy (non-hydrogen) atoms. The lowest BCUT2D eigenvalue weighted by molar-refractivity contribution is -0.137. The molecule has 1 rings (SSSR count). The molecule has 1 unspecified atom stereocenters. The largest absolute Gasteiger partial charge is 0.483 e. The number of benzene rings is 1. The molecule has 0 aliphatic heterocycles. The van der Waals surface area contributed by atoms with E-state index in [0.717, 1.165) is 12.1 Å². The van der Waals surface area contributed by atoms with Crippen LogP contribution in [0.4, 0.5) is 13.2 Å². The van der Waals surface area contributed by atoms with Crippen LogP contribution in [0.2, 0.25) is 0 Å². The molecule has 0 saturated heterocycles. The maximum absolute atomic E-state index is 12.4. The first kappa shape index (κ1) is 13.8. The van der Waals surface area contributed by atoms with Crippen LogP contribution in [-0.2, 0) is 6.18 Å². The van der Waals surface area contributed by atoms with Gasteiger partial charge in [-0.05, 0) is 24.6 Å². The molecule has 1 aromatic carbocycles. The van der Waals surface area contributed by atoms with Crippen molar-refractivity contribution >= 4 is 17.2 Å². The van der Waals surface area contributed by atoms with Gasteiger partial charge in [-0.25, -0.2) is 0 Å². The number of hydrogen-bond donors (Lipinski definition) is 1. The summed E-state index contributed by atoms with van der Waals surface area (Å²) in [5.41, 5.74) is 4.65. The average Bonchev–Trinajstić information content (AvgIpc) is 2.24. The minimum Gasteiger partial charge on any atom is -0.483 e. The highest BCUT2D eigenvalue weighted by Crippen LogP contribution is 2.31. The molecule has 0 aromatic heterocycles. The first-order chi connectivity index (χ1) is 7.84.